The Hall–Kier alpha value is 3.90. The van der Waals surface area contributed by atoms with Gasteiger partial charge in [0.25, 0.3) is 0 Å². The summed E-state index contributed by atoms with van der Waals surface area (Å²) in [6.45, 7) is 0. The van der Waals surface area contributed by atoms with E-state index in [9.17, 15) is 0 Å². The summed E-state index contributed by atoms with van der Waals surface area (Å²) in [6.07, 6.45) is 0. The Kier molecular flexibility index (Phi) is 815. The van der Waals surface area contributed by atoms with E-state index in [2.05, 4.69) is 0 Å². The predicted octanol–water partition coefficient (Wildman–Crippen LogP) is 4.30. The van der Waals surface area contributed by atoms with Gasteiger partial charge in [0.2, 0.25) is 0 Å². The van der Waals surface area contributed by atoms with Gasteiger partial charge in [0.05, 0.1) is 0 Å². The summed E-state index contributed by atoms with van der Waals surface area (Å²) in [7, 11) is 0. The van der Waals surface area contributed by atoms with Gasteiger partial charge in [-0.1, -0.05) is 0 Å². The van der Waals surface area contributed by atoms with Crippen molar-refractivity contribution in [3.63, 3.8) is 0 Å². The van der Waals surface area contributed by atoms with Crippen LogP contribution in [0.15, 0.2) is 0 Å². The average molecular weight is 308 g/mol. The first kappa shape index (κ1) is 92.9. The van der Waals surface area contributed by atoms with E-state index in [0.29, 0.717) is 0 Å². The molecule has 8 heavy (non-hydrogen) atoms. The molecule has 0 nitrogen and oxygen atoms in total. The van der Waals surface area contributed by atoms with E-state index in [1.165, 1.54) is 0 Å². The minimum Gasteiger partial charge on any atom is -3.00 e. The summed E-state index contributed by atoms with van der Waals surface area (Å²) in [5.41, 5.74) is 0. The van der Waals surface area contributed by atoms with Crippen LogP contribution < -0.4 is 0 Å². The summed E-state index contributed by atoms with van der Waals surface area (Å²) in [6, 6.07) is 0. The molecule has 0 bridgehead atoms. The smallest absolute Gasteiger partial charge is 3.00 e. The molecule has 0 aromatic carbocycles. The Morgan fingerprint density at radius 3 is 0.250 bits per heavy atom. The Morgan fingerprint density at radius 1 is 0.250 bits per heavy atom. The zero-order valence-corrected chi connectivity index (χ0v) is 12.2. The van der Waals surface area contributed by atoms with Gasteiger partial charge in [0.1, 0.15) is 0 Å². The van der Waals surface area contributed by atoms with Crippen molar-refractivity contribution in [1.82, 2.24) is 0 Å². The molecule has 40 valence electrons. The van der Waals surface area contributed by atoms with Gasteiger partial charge < -0.3 is 49.5 Å². The van der Waals surface area contributed by atoms with E-state index in [0.717, 1.165) is 0 Å². The second kappa shape index (κ2) is 70.2. The minimum atomic E-state index is 0. The van der Waals surface area contributed by atoms with Crippen molar-refractivity contribution in [2.45, 2.75) is 0 Å². The molecule has 8 heteroatoms. The maximum Gasteiger partial charge on any atom is 5.00 e. The topological polar surface area (TPSA) is 0 Å². The molecule has 0 atom stereocenters. The molecule has 0 saturated carbocycles. The first-order chi connectivity index (χ1) is 0. The molecular formula is P5V3. The Bertz CT molecular complexity index is 7.64. The van der Waals surface area contributed by atoms with Crippen LogP contribution in [0.25, 0.3) is 0 Å². The van der Waals surface area contributed by atoms with Crippen LogP contribution in [0.3, 0.4) is 0 Å². The molecule has 0 fully saturated rings. The molecule has 0 rings (SSSR count). The number of hydrogen-bond donors (Lipinski definition) is 0. The fourth-order valence-electron chi connectivity index (χ4n) is 0. The van der Waals surface area contributed by atoms with Crippen LogP contribution >= 0.6 is 49.5 Å². The summed E-state index contributed by atoms with van der Waals surface area (Å²) >= 11 is 0. The maximum atomic E-state index is 0. The zero-order valence-electron chi connectivity index (χ0n) is 3.58. The molecule has 0 unspecified atom stereocenters. The number of rotatable bonds is 0. The van der Waals surface area contributed by atoms with Crippen molar-refractivity contribution >= 4 is 49.5 Å². The van der Waals surface area contributed by atoms with Gasteiger partial charge in [-0.15, -0.1) is 0 Å². The van der Waals surface area contributed by atoms with Gasteiger partial charge in [-0.2, -0.15) is 0 Å². The van der Waals surface area contributed by atoms with Crippen molar-refractivity contribution in [2.24, 2.45) is 0 Å². The second-order valence-electron chi connectivity index (χ2n) is 0. The van der Waals surface area contributed by atoms with Crippen molar-refractivity contribution in [3.05, 3.63) is 0 Å². The molecular weight excluding hydrogens is 308 g/mol. The van der Waals surface area contributed by atoms with E-state index in [1.54, 1.807) is 0 Å². The van der Waals surface area contributed by atoms with Gasteiger partial charge in [-0.3, -0.25) is 0 Å². The molecule has 0 aliphatic heterocycles. The molecule has 0 aromatic heterocycles. The van der Waals surface area contributed by atoms with Crippen LogP contribution in [0.1, 0.15) is 0 Å². The van der Waals surface area contributed by atoms with Crippen molar-refractivity contribution in [3.8, 4) is 0 Å². The van der Waals surface area contributed by atoms with Crippen LogP contribution in [-0.2, 0) is 55.7 Å². The van der Waals surface area contributed by atoms with Crippen molar-refractivity contribution in [2.75, 3.05) is 0 Å². The SMILES string of the molecule is [P-3].[P-3].[P-3].[P-3].[P-3].[V+5].[V+5].[V+5]. The molecule has 0 saturated heterocycles. The van der Waals surface area contributed by atoms with E-state index >= 15 is 0 Å². The third kappa shape index (κ3) is 51.5. The van der Waals surface area contributed by atoms with Crippen LogP contribution in [0.4, 0.5) is 0 Å². The standard InChI is InChI=1S/5P.3V/q5*-3;3*+5. The minimum absolute atomic E-state index is 0. The first-order valence-electron chi connectivity index (χ1n) is 0. The van der Waals surface area contributed by atoms with Crippen LogP contribution in [0, 0.1) is 0 Å². The molecule has 0 heterocycles. The molecule has 0 aliphatic carbocycles. The maximum absolute atomic E-state index is 0. The quantitative estimate of drug-likeness (QED) is 0.585. The molecule has 0 radical (unpaired) electrons. The van der Waals surface area contributed by atoms with Crippen LogP contribution in [-0.4, -0.2) is 0 Å². The van der Waals surface area contributed by atoms with E-state index in [4.69, 9.17) is 0 Å². The number of hydrogen-bond acceptors (Lipinski definition) is 0. The third-order valence-electron chi connectivity index (χ3n) is 0. The van der Waals surface area contributed by atoms with Gasteiger partial charge in [-0.05, 0) is 0 Å². The van der Waals surface area contributed by atoms with Crippen molar-refractivity contribution in [1.29, 1.82) is 0 Å². The summed E-state index contributed by atoms with van der Waals surface area (Å²) in [5, 5.41) is 0. The Labute approximate surface area is 104 Å². The largest absolute Gasteiger partial charge is 5.00 e. The zero-order chi connectivity index (χ0) is 0. The summed E-state index contributed by atoms with van der Waals surface area (Å²) in [5.74, 6) is 0. The van der Waals surface area contributed by atoms with Gasteiger partial charge in [0, 0.05) is 0 Å². The fraction of sp³-hybridized carbons (Fsp3) is 0. The molecule has 0 spiro atoms. The van der Waals surface area contributed by atoms with Gasteiger partial charge >= 0.3 is 55.7 Å². The van der Waals surface area contributed by atoms with E-state index in [-0.39, 0.29) is 105 Å². The molecule has 0 aromatic rings. The van der Waals surface area contributed by atoms with Gasteiger partial charge in [0.15, 0.2) is 0 Å². The molecule has 0 aliphatic rings. The van der Waals surface area contributed by atoms with Crippen molar-refractivity contribution < 1.29 is 55.7 Å². The molecule has 0 amide bonds. The van der Waals surface area contributed by atoms with Crippen LogP contribution in [0.2, 0.25) is 0 Å². The molecule has 0 N–H and O–H groups in total. The third-order valence-corrected chi connectivity index (χ3v) is 0. The predicted molar refractivity (Wildman–Crippen MR) is 34.6 cm³/mol. The normalized spacial score (nSPS) is 0. The Balaban J connectivity index is 0. The van der Waals surface area contributed by atoms with Crippen LogP contribution in [0.5, 0.6) is 0 Å². The summed E-state index contributed by atoms with van der Waals surface area (Å²) in [4.78, 5) is 0. The Morgan fingerprint density at radius 2 is 0.250 bits per heavy atom. The van der Waals surface area contributed by atoms with E-state index < -0.39 is 0 Å². The monoisotopic (exact) mass is 308 g/mol. The van der Waals surface area contributed by atoms with E-state index in [1.807, 2.05) is 0 Å². The fourth-order valence-corrected chi connectivity index (χ4v) is 0. The van der Waals surface area contributed by atoms with Gasteiger partial charge in [-0.25, -0.2) is 0 Å². The first-order valence-corrected chi connectivity index (χ1v) is 0. The average Bonchev–Trinajstić information content (AvgIpc) is 0. The second-order valence-corrected chi connectivity index (χ2v) is 0. The summed E-state index contributed by atoms with van der Waals surface area (Å²) < 4.78 is 0.